The number of carbonyl (C=O) groups excluding carboxylic acids is 2. The minimum Gasteiger partial charge on any atom is -0.463 e. The predicted molar refractivity (Wildman–Crippen MR) is 72.4 cm³/mol. The molecule has 0 amide bonds. The fourth-order valence-electron chi connectivity index (χ4n) is 2.27. The van der Waals surface area contributed by atoms with E-state index < -0.39 is 0 Å². The van der Waals surface area contributed by atoms with Gasteiger partial charge in [-0.2, -0.15) is 0 Å². The van der Waals surface area contributed by atoms with E-state index in [1.54, 1.807) is 13.8 Å². The zero-order valence-corrected chi connectivity index (χ0v) is 11.7. The molecular weight excluding hydrogens is 244 g/mol. The van der Waals surface area contributed by atoms with Gasteiger partial charge in [-0.25, -0.2) is 9.59 Å². The molecule has 0 aromatic heterocycles. The first kappa shape index (κ1) is 15.5. The van der Waals surface area contributed by atoms with Gasteiger partial charge in [0.15, 0.2) is 0 Å². The molecule has 106 valence electrons. The maximum atomic E-state index is 11.4. The number of hydrogen-bond acceptors (Lipinski definition) is 4. The van der Waals surface area contributed by atoms with E-state index in [4.69, 9.17) is 9.47 Å². The summed E-state index contributed by atoms with van der Waals surface area (Å²) in [7, 11) is 0. The van der Waals surface area contributed by atoms with Gasteiger partial charge in [-0.15, -0.1) is 0 Å². The molecule has 0 N–H and O–H groups in total. The molecule has 0 spiro atoms. The summed E-state index contributed by atoms with van der Waals surface area (Å²) in [6, 6.07) is 0. The van der Waals surface area contributed by atoms with Crippen LogP contribution in [0.15, 0.2) is 24.3 Å². The Kier molecular flexibility index (Phi) is 6.33. The highest BCUT2D eigenvalue weighted by Gasteiger charge is 2.29. The maximum Gasteiger partial charge on any atom is 0.330 e. The molecule has 0 aliphatic heterocycles. The van der Waals surface area contributed by atoms with Crippen molar-refractivity contribution in [2.45, 2.75) is 39.5 Å². The molecule has 0 aromatic carbocycles. The van der Waals surface area contributed by atoms with Crippen LogP contribution in [0.2, 0.25) is 0 Å². The first-order valence-corrected chi connectivity index (χ1v) is 6.84. The molecule has 0 bridgehead atoms. The Morgan fingerprint density at radius 1 is 0.947 bits per heavy atom. The van der Waals surface area contributed by atoms with E-state index in [9.17, 15) is 9.59 Å². The second-order valence-electron chi connectivity index (χ2n) is 4.61. The number of esters is 2. The lowest BCUT2D eigenvalue weighted by Crippen LogP contribution is -2.12. The van der Waals surface area contributed by atoms with E-state index in [1.807, 2.05) is 12.2 Å². The van der Waals surface area contributed by atoms with Crippen LogP contribution in [0.1, 0.15) is 39.5 Å². The van der Waals surface area contributed by atoms with Crippen molar-refractivity contribution in [2.24, 2.45) is 5.41 Å². The third-order valence-electron chi connectivity index (χ3n) is 3.21. The minimum absolute atomic E-state index is 0.209. The molecule has 1 aliphatic rings. The molecular formula is C15H22O4. The van der Waals surface area contributed by atoms with Gasteiger partial charge in [-0.05, 0) is 26.7 Å². The average Bonchev–Trinajstić information content (AvgIpc) is 2.84. The highest BCUT2D eigenvalue weighted by Crippen LogP contribution is 2.40. The summed E-state index contributed by atoms with van der Waals surface area (Å²) in [5.74, 6) is -0.670. The summed E-state index contributed by atoms with van der Waals surface area (Å²) in [5, 5.41) is 0. The number of rotatable bonds is 6. The van der Waals surface area contributed by atoms with Crippen molar-refractivity contribution in [3.63, 3.8) is 0 Å². The number of carbonyl (C=O) groups is 2. The van der Waals surface area contributed by atoms with Gasteiger partial charge in [0, 0.05) is 17.6 Å². The number of ether oxygens (including phenoxy) is 2. The van der Waals surface area contributed by atoms with Crippen molar-refractivity contribution in [3.05, 3.63) is 24.3 Å². The van der Waals surface area contributed by atoms with Crippen LogP contribution < -0.4 is 0 Å². The van der Waals surface area contributed by atoms with Crippen LogP contribution in [0, 0.1) is 5.41 Å². The van der Waals surface area contributed by atoms with E-state index in [1.165, 1.54) is 12.2 Å². The lowest BCUT2D eigenvalue weighted by atomic mass is 9.85. The Hall–Kier alpha value is -1.58. The Labute approximate surface area is 114 Å². The summed E-state index contributed by atoms with van der Waals surface area (Å²) < 4.78 is 9.74. The van der Waals surface area contributed by atoms with Gasteiger partial charge in [-0.3, -0.25) is 0 Å². The van der Waals surface area contributed by atoms with Crippen molar-refractivity contribution >= 4 is 11.9 Å². The van der Waals surface area contributed by atoms with Gasteiger partial charge in [0.05, 0.1) is 13.2 Å². The Morgan fingerprint density at radius 3 is 1.74 bits per heavy atom. The first-order chi connectivity index (χ1) is 9.12. The fourth-order valence-corrected chi connectivity index (χ4v) is 2.27. The molecule has 1 fully saturated rings. The van der Waals surface area contributed by atoms with Gasteiger partial charge in [0.1, 0.15) is 0 Å². The SMILES string of the molecule is CCOC(=O)/C=C/C1(/C=C/C(=O)OCC)CCCC1. The zero-order chi connectivity index (χ0) is 14.1. The van der Waals surface area contributed by atoms with Crippen molar-refractivity contribution < 1.29 is 19.1 Å². The lowest BCUT2D eigenvalue weighted by molar-refractivity contribution is -0.138. The summed E-state index contributed by atoms with van der Waals surface area (Å²) in [4.78, 5) is 22.7. The standard InChI is InChI=1S/C15H22O4/c1-3-18-13(16)7-11-15(9-5-6-10-15)12-8-14(17)19-4-2/h7-8,11-12H,3-6,9-10H2,1-2H3/b11-7+,12-8+. The fraction of sp³-hybridized carbons (Fsp3) is 0.600. The third-order valence-corrected chi connectivity index (χ3v) is 3.21. The molecule has 4 nitrogen and oxygen atoms in total. The predicted octanol–water partition coefficient (Wildman–Crippen LogP) is 2.79. The van der Waals surface area contributed by atoms with Crippen molar-refractivity contribution in [1.82, 2.24) is 0 Å². The van der Waals surface area contributed by atoms with E-state index in [0.717, 1.165) is 25.7 Å². The van der Waals surface area contributed by atoms with Crippen LogP contribution in [0.5, 0.6) is 0 Å². The third kappa shape index (κ3) is 5.28. The zero-order valence-electron chi connectivity index (χ0n) is 11.7. The molecule has 0 atom stereocenters. The topological polar surface area (TPSA) is 52.6 Å². The molecule has 0 saturated heterocycles. The van der Waals surface area contributed by atoms with Crippen molar-refractivity contribution in [1.29, 1.82) is 0 Å². The smallest absolute Gasteiger partial charge is 0.330 e. The second kappa shape index (κ2) is 7.77. The molecule has 4 heteroatoms. The Morgan fingerprint density at radius 2 is 1.37 bits per heavy atom. The van der Waals surface area contributed by atoms with Crippen LogP contribution in [0.25, 0.3) is 0 Å². The van der Waals surface area contributed by atoms with E-state index in [2.05, 4.69) is 0 Å². The molecule has 1 saturated carbocycles. The summed E-state index contributed by atoms with van der Waals surface area (Å²) in [5.41, 5.74) is -0.209. The molecule has 0 aromatic rings. The largest absolute Gasteiger partial charge is 0.463 e. The molecule has 1 rings (SSSR count). The van der Waals surface area contributed by atoms with Crippen LogP contribution in [0.3, 0.4) is 0 Å². The monoisotopic (exact) mass is 266 g/mol. The highest BCUT2D eigenvalue weighted by atomic mass is 16.5. The van der Waals surface area contributed by atoms with Gasteiger partial charge < -0.3 is 9.47 Å². The minimum atomic E-state index is -0.335. The van der Waals surface area contributed by atoms with Gasteiger partial charge in [0.2, 0.25) is 0 Å². The normalized spacial score (nSPS) is 18.0. The van der Waals surface area contributed by atoms with Gasteiger partial charge in [-0.1, -0.05) is 25.0 Å². The van der Waals surface area contributed by atoms with E-state index in [-0.39, 0.29) is 17.4 Å². The Balaban J connectivity index is 2.69. The van der Waals surface area contributed by atoms with Crippen LogP contribution in [-0.4, -0.2) is 25.2 Å². The molecule has 0 unspecified atom stereocenters. The lowest BCUT2D eigenvalue weighted by Gasteiger charge is -2.19. The van der Waals surface area contributed by atoms with Crippen LogP contribution >= 0.6 is 0 Å². The van der Waals surface area contributed by atoms with E-state index >= 15 is 0 Å². The molecule has 1 aliphatic carbocycles. The van der Waals surface area contributed by atoms with Crippen LogP contribution in [0.4, 0.5) is 0 Å². The Bertz CT molecular complexity index is 332. The van der Waals surface area contributed by atoms with Gasteiger partial charge in [0.25, 0.3) is 0 Å². The van der Waals surface area contributed by atoms with Crippen LogP contribution in [-0.2, 0) is 19.1 Å². The second-order valence-corrected chi connectivity index (χ2v) is 4.61. The molecule has 0 heterocycles. The number of allylic oxidation sites excluding steroid dienone is 2. The molecule has 19 heavy (non-hydrogen) atoms. The van der Waals surface area contributed by atoms with Crippen molar-refractivity contribution in [2.75, 3.05) is 13.2 Å². The summed E-state index contributed by atoms with van der Waals surface area (Å²) >= 11 is 0. The first-order valence-electron chi connectivity index (χ1n) is 6.84. The maximum absolute atomic E-state index is 11.4. The average molecular weight is 266 g/mol. The summed E-state index contributed by atoms with van der Waals surface area (Å²) in [6.45, 7) is 4.29. The summed E-state index contributed by atoms with van der Waals surface area (Å²) in [6.07, 6.45) is 10.7. The highest BCUT2D eigenvalue weighted by molar-refractivity contribution is 5.83. The molecule has 0 radical (unpaired) electrons. The van der Waals surface area contributed by atoms with Crippen molar-refractivity contribution in [3.8, 4) is 0 Å². The van der Waals surface area contributed by atoms with E-state index in [0.29, 0.717) is 13.2 Å². The number of hydrogen-bond donors (Lipinski definition) is 0. The quantitative estimate of drug-likeness (QED) is 0.548. The van der Waals surface area contributed by atoms with Gasteiger partial charge >= 0.3 is 11.9 Å².